The van der Waals surface area contributed by atoms with Crippen LogP contribution in [0, 0.1) is 5.92 Å². The van der Waals surface area contributed by atoms with Gasteiger partial charge in [0.1, 0.15) is 11.6 Å². The van der Waals surface area contributed by atoms with Gasteiger partial charge < -0.3 is 10.2 Å². The summed E-state index contributed by atoms with van der Waals surface area (Å²) < 4.78 is 37.4. The van der Waals surface area contributed by atoms with Gasteiger partial charge in [0, 0.05) is 6.54 Å². The molecule has 1 heterocycles. The highest BCUT2D eigenvalue weighted by Gasteiger charge is 2.48. The quantitative estimate of drug-likeness (QED) is 0.848. The molecule has 21 heavy (non-hydrogen) atoms. The van der Waals surface area contributed by atoms with Crippen molar-refractivity contribution in [3.05, 3.63) is 0 Å². The smallest absolute Gasteiger partial charge is 0.342 e. The molecular formula is C14H23F3N2O2. The first kappa shape index (κ1) is 17.8. The number of nitrogens with one attached hydrogen (secondary N) is 1. The van der Waals surface area contributed by atoms with Crippen LogP contribution in [0.15, 0.2) is 0 Å². The van der Waals surface area contributed by atoms with Crippen molar-refractivity contribution in [2.75, 3.05) is 6.54 Å². The highest BCUT2D eigenvalue weighted by molar-refractivity contribution is 5.99. The molecule has 1 aliphatic heterocycles. The van der Waals surface area contributed by atoms with E-state index in [4.69, 9.17) is 0 Å². The summed E-state index contributed by atoms with van der Waals surface area (Å²) in [5.74, 6) is -0.635. The van der Waals surface area contributed by atoms with E-state index in [0.717, 1.165) is 4.90 Å². The standard InChI is InChI=1S/C14H23F3N2O2/c1-5-13(4)12(21)18-10(8-9(2)3)11(20)19(13)7-6-14(15,16)17/h9-10H,5-8H2,1-4H3,(H,18,21). The highest BCUT2D eigenvalue weighted by atomic mass is 19.4. The van der Waals surface area contributed by atoms with Crippen molar-refractivity contribution in [1.82, 2.24) is 10.2 Å². The summed E-state index contributed by atoms with van der Waals surface area (Å²) in [4.78, 5) is 25.8. The molecule has 122 valence electrons. The van der Waals surface area contributed by atoms with Crippen LogP contribution in [0.3, 0.4) is 0 Å². The normalized spacial score (nSPS) is 27.2. The molecule has 4 nitrogen and oxygen atoms in total. The predicted molar refractivity (Wildman–Crippen MR) is 72.5 cm³/mol. The zero-order valence-corrected chi connectivity index (χ0v) is 12.9. The van der Waals surface area contributed by atoms with E-state index in [9.17, 15) is 22.8 Å². The number of carbonyl (C=O) groups is 2. The Morgan fingerprint density at radius 1 is 1.33 bits per heavy atom. The largest absolute Gasteiger partial charge is 0.390 e. The molecule has 1 aliphatic rings. The molecule has 2 atom stereocenters. The van der Waals surface area contributed by atoms with Crippen LogP contribution in [-0.2, 0) is 9.59 Å². The molecule has 1 fully saturated rings. The number of hydrogen-bond donors (Lipinski definition) is 1. The maximum atomic E-state index is 12.5. The summed E-state index contributed by atoms with van der Waals surface area (Å²) >= 11 is 0. The van der Waals surface area contributed by atoms with Gasteiger partial charge in [-0.15, -0.1) is 0 Å². The number of hydrogen-bond acceptors (Lipinski definition) is 2. The molecule has 7 heteroatoms. The van der Waals surface area contributed by atoms with E-state index in [0.29, 0.717) is 6.42 Å². The van der Waals surface area contributed by atoms with Gasteiger partial charge in [-0.1, -0.05) is 20.8 Å². The topological polar surface area (TPSA) is 49.4 Å². The molecule has 0 saturated carbocycles. The van der Waals surface area contributed by atoms with E-state index in [1.807, 2.05) is 13.8 Å². The molecule has 0 aromatic heterocycles. The number of halogens is 3. The van der Waals surface area contributed by atoms with Crippen molar-refractivity contribution in [1.29, 1.82) is 0 Å². The Balaban J connectivity index is 2.98. The maximum Gasteiger partial charge on any atom is 0.390 e. The number of alkyl halides is 3. The second kappa shape index (κ2) is 6.23. The average molecular weight is 308 g/mol. The van der Waals surface area contributed by atoms with Crippen molar-refractivity contribution < 1.29 is 22.8 Å². The zero-order chi connectivity index (χ0) is 16.4. The second-order valence-electron chi connectivity index (χ2n) is 6.14. The van der Waals surface area contributed by atoms with Gasteiger partial charge in [-0.2, -0.15) is 13.2 Å². The molecule has 2 unspecified atom stereocenters. The average Bonchev–Trinajstić information content (AvgIpc) is 2.33. The SMILES string of the molecule is CCC1(C)C(=O)NC(CC(C)C)C(=O)N1CCC(F)(F)F. The van der Waals surface area contributed by atoms with E-state index >= 15 is 0 Å². The number of nitrogens with zero attached hydrogens (tertiary/aromatic N) is 1. The molecule has 0 aromatic rings. The minimum Gasteiger partial charge on any atom is -0.342 e. The van der Waals surface area contributed by atoms with Gasteiger partial charge >= 0.3 is 6.18 Å². The molecule has 1 saturated heterocycles. The van der Waals surface area contributed by atoms with Crippen LogP contribution in [0.1, 0.15) is 47.0 Å². The first-order valence-corrected chi connectivity index (χ1v) is 7.20. The van der Waals surface area contributed by atoms with Crippen LogP contribution in [0.25, 0.3) is 0 Å². The lowest BCUT2D eigenvalue weighted by Crippen LogP contribution is -2.69. The maximum absolute atomic E-state index is 12.5. The minimum atomic E-state index is -4.35. The van der Waals surface area contributed by atoms with Gasteiger partial charge in [0.05, 0.1) is 6.42 Å². The summed E-state index contributed by atoms with van der Waals surface area (Å²) in [6.07, 6.45) is -4.75. The Morgan fingerprint density at radius 2 is 1.90 bits per heavy atom. The molecule has 0 bridgehead atoms. The predicted octanol–water partition coefficient (Wildman–Crippen LogP) is 2.48. The van der Waals surface area contributed by atoms with Crippen molar-refractivity contribution in [2.24, 2.45) is 5.92 Å². The molecule has 1 N–H and O–H groups in total. The van der Waals surface area contributed by atoms with E-state index in [1.54, 1.807) is 6.92 Å². The summed E-state index contributed by atoms with van der Waals surface area (Å²) in [6, 6.07) is -0.731. The van der Waals surface area contributed by atoms with Gasteiger partial charge in [-0.3, -0.25) is 9.59 Å². The van der Waals surface area contributed by atoms with Gasteiger partial charge in [-0.05, 0) is 25.7 Å². The van der Waals surface area contributed by atoms with Crippen LogP contribution < -0.4 is 5.32 Å². The van der Waals surface area contributed by atoms with Gasteiger partial charge in [0.25, 0.3) is 0 Å². The Hall–Kier alpha value is -1.27. The third kappa shape index (κ3) is 4.11. The number of piperazine rings is 1. The number of rotatable bonds is 5. The molecule has 0 aliphatic carbocycles. The lowest BCUT2D eigenvalue weighted by Gasteiger charge is -2.46. The Labute approximate surface area is 123 Å². The monoisotopic (exact) mass is 308 g/mol. The first-order chi connectivity index (χ1) is 9.51. The fraction of sp³-hybridized carbons (Fsp3) is 0.857. The van der Waals surface area contributed by atoms with Gasteiger partial charge in [0.15, 0.2) is 0 Å². The summed E-state index contributed by atoms with van der Waals surface area (Å²) in [5.41, 5.74) is -1.21. The van der Waals surface area contributed by atoms with Crippen molar-refractivity contribution in [3.63, 3.8) is 0 Å². The Kier molecular flexibility index (Phi) is 5.28. The van der Waals surface area contributed by atoms with Crippen LogP contribution in [0.2, 0.25) is 0 Å². The van der Waals surface area contributed by atoms with Crippen molar-refractivity contribution >= 4 is 11.8 Å². The molecule has 0 radical (unpaired) electrons. The van der Waals surface area contributed by atoms with Crippen LogP contribution in [0.4, 0.5) is 13.2 Å². The lowest BCUT2D eigenvalue weighted by molar-refractivity contribution is -0.165. The van der Waals surface area contributed by atoms with E-state index in [-0.39, 0.29) is 18.2 Å². The van der Waals surface area contributed by atoms with E-state index in [2.05, 4.69) is 5.32 Å². The highest BCUT2D eigenvalue weighted by Crippen LogP contribution is 2.29. The third-order valence-electron chi connectivity index (χ3n) is 3.97. The number of amides is 2. The molecule has 0 aromatic carbocycles. The van der Waals surface area contributed by atoms with Crippen LogP contribution in [-0.4, -0.2) is 41.0 Å². The minimum absolute atomic E-state index is 0.162. The third-order valence-corrected chi connectivity index (χ3v) is 3.97. The van der Waals surface area contributed by atoms with Gasteiger partial charge in [0.2, 0.25) is 11.8 Å². The first-order valence-electron chi connectivity index (χ1n) is 7.20. The summed E-state index contributed by atoms with van der Waals surface area (Å²) in [7, 11) is 0. The van der Waals surface area contributed by atoms with Crippen molar-refractivity contribution in [3.8, 4) is 0 Å². The molecule has 0 spiro atoms. The summed E-state index contributed by atoms with van der Waals surface area (Å²) in [5, 5.41) is 2.65. The Bertz CT molecular complexity index is 410. The Morgan fingerprint density at radius 3 is 2.33 bits per heavy atom. The van der Waals surface area contributed by atoms with E-state index in [1.165, 1.54) is 6.92 Å². The van der Waals surface area contributed by atoms with Crippen LogP contribution >= 0.6 is 0 Å². The van der Waals surface area contributed by atoms with Crippen LogP contribution in [0.5, 0.6) is 0 Å². The molecule has 1 rings (SSSR count). The number of carbonyl (C=O) groups excluding carboxylic acids is 2. The zero-order valence-electron chi connectivity index (χ0n) is 12.9. The summed E-state index contributed by atoms with van der Waals surface area (Å²) in [6.45, 7) is 6.52. The molecule has 2 amide bonds. The van der Waals surface area contributed by atoms with E-state index < -0.39 is 36.6 Å². The fourth-order valence-corrected chi connectivity index (χ4v) is 2.51. The van der Waals surface area contributed by atoms with Crippen molar-refractivity contribution in [2.45, 2.75) is 64.7 Å². The fourth-order valence-electron chi connectivity index (χ4n) is 2.51. The molecular weight excluding hydrogens is 285 g/mol. The second-order valence-corrected chi connectivity index (χ2v) is 6.14. The lowest BCUT2D eigenvalue weighted by atomic mass is 9.88. The van der Waals surface area contributed by atoms with Gasteiger partial charge in [-0.25, -0.2) is 0 Å².